The highest BCUT2D eigenvalue weighted by Crippen LogP contribution is 2.45. The van der Waals surface area contributed by atoms with Gasteiger partial charge in [-0.1, -0.05) is 30.7 Å². The molecule has 1 aromatic heterocycles. The summed E-state index contributed by atoms with van der Waals surface area (Å²) in [5.74, 6) is 0.947. The Morgan fingerprint density at radius 3 is 2.73 bits per heavy atom. The zero-order chi connectivity index (χ0) is 18.3. The molecule has 1 fully saturated rings. The summed E-state index contributed by atoms with van der Waals surface area (Å²) in [6.45, 7) is 4.53. The summed E-state index contributed by atoms with van der Waals surface area (Å²) in [6.07, 6.45) is 7.68. The number of hydrogen-bond acceptors (Lipinski definition) is 2. The molecule has 1 atom stereocenters. The third-order valence-electron chi connectivity index (χ3n) is 5.85. The van der Waals surface area contributed by atoms with Crippen molar-refractivity contribution >= 4 is 39.2 Å². The maximum Gasteiger partial charge on any atom is 0.0557 e. The van der Waals surface area contributed by atoms with Crippen LogP contribution in [0.4, 0.5) is 0 Å². The monoisotopic (exact) mass is 430 g/mol. The van der Waals surface area contributed by atoms with Gasteiger partial charge in [-0.2, -0.15) is 0 Å². The first-order chi connectivity index (χ1) is 12.6. The van der Waals surface area contributed by atoms with E-state index in [9.17, 15) is 0 Å². The van der Waals surface area contributed by atoms with E-state index in [2.05, 4.69) is 59.1 Å². The van der Waals surface area contributed by atoms with Gasteiger partial charge in [0.1, 0.15) is 0 Å². The quantitative estimate of drug-likeness (QED) is 0.560. The Hall–Kier alpha value is -1.16. The van der Waals surface area contributed by atoms with Gasteiger partial charge >= 0.3 is 0 Å². The van der Waals surface area contributed by atoms with Crippen LogP contribution in [0.1, 0.15) is 54.5 Å². The molecule has 1 unspecified atom stereocenters. The Morgan fingerprint density at radius 1 is 1.23 bits per heavy atom. The highest BCUT2D eigenvalue weighted by Gasteiger charge is 2.33. The molecule has 0 radical (unpaired) electrons. The van der Waals surface area contributed by atoms with E-state index in [1.807, 2.05) is 12.3 Å². The summed E-state index contributed by atoms with van der Waals surface area (Å²) in [5.41, 5.74) is 6.50. The van der Waals surface area contributed by atoms with Gasteiger partial charge in [-0.25, -0.2) is 0 Å². The van der Waals surface area contributed by atoms with E-state index in [1.54, 1.807) is 0 Å². The van der Waals surface area contributed by atoms with E-state index in [0.717, 1.165) is 29.0 Å². The number of allylic oxidation sites excluding steroid dienone is 1. The molecule has 0 saturated carbocycles. The average molecular weight is 432 g/mol. The number of piperidine rings is 1. The molecule has 0 bridgehead atoms. The molecule has 0 N–H and O–H groups in total. The van der Waals surface area contributed by atoms with Gasteiger partial charge in [0, 0.05) is 27.2 Å². The Labute approximate surface area is 169 Å². The predicted octanol–water partition coefficient (Wildman–Crippen LogP) is 6.24. The van der Waals surface area contributed by atoms with Gasteiger partial charge in [0.2, 0.25) is 0 Å². The van der Waals surface area contributed by atoms with Gasteiger partial charge in [0.25, 0.3) is 0 Å². The number of pyridine rings is 1. The molecule has 1 saturated heterocycles. The second-order valence-corrected chi connectivity index (χ2v) is 8.85. The zero-order valence-corrected chi connectivity index (χ0v) is 17.6. The molecule has 26 heavy (non-hydrogen) atoms. The van der Waals surface area contributed by atoms with Crippen molar-refractivity contribution in [3.8, 4) is 0 Å². The van der Waals surface area contributed by atoms with E-state index in [0.29, 0.717) is 11.8 Å². The van der Waals surface area contributed by atoms with E-state index in [1.165, 1.54) is 40.8 Å². The lowest BCUT2D eigenvalue weighted by molar-refractivity contribution is 0.206. The Bertz CT molecular complexity index is 853. The normalized spacial score (nSPS) is 20.9. The number of benzene rings is 1. The van der Waals surface area contributed by atoms with Crippen molar-refractivity contribution in [3.63, 3.8) is 0 Å². The van der Waals surface area contributed by atoms with Crippen LogP contribution < -0.4 is 0 Å². The number of aromatic nitrogens is 1. The minimum Gasteiger partial charge on any atom is -0.306 e. The predicted molar refractivity (Wildman–Crippen MR) is 114 cm³/mol. The van der Waals surface area contributed by atoms with Crippen LogP contribution in [0.15, 0.2) is 34.9 Å². The van der Waals surface area contributed by atoms with Crippen LogP contribution in [0.2, 0.25) is 5.02 Å². The largest absolute Gasteiger partial charge is 0.306 e. The molecule has 136 valence electrons. The van der Waals surface area contributed by atoms with Gasteiger partial charge in [-0.3, -0.25) is 4.98 Å². The van der Waals surface area contributed by atoms with Gasteiger partial charge in [-0.05, 0) is 96.1 Å². The first kappa shape index (κ1) is 18.2. The molecule has 1 aliphatic heterocycles. The fraction of sp³-hybridized carbons (Fsp3) is 0.409. The van der Waals surface area contributed by atoms with E-state index in [4.69, 9.17) is 16.6 Å². The molecule has 2 heterocycles. The minimum atomic E-state index is 0.333. The molecule has 2 aliphatic rings. The van der Waals surface area contributed by atoms with Crippen molar-refractivity contribution in [2.24, 2.45) is 5.92 Å². The third kappa shape index (κ3) is 3.37. The van der Waals surface area contributed by atoms with Gasteiger partial charge in [0.05, 0.1) is 5.69 Å². The molecule has 1 aliphatic carbocycles. The van der Waals surface area contributed by atoms with E-state index in [-0.39, 0.29) is 0 Å². The third-order valence-corrected chi connectivity index (χ3v) is 6.52. The molecule has 2 aromatic rings. The summed E-state index contributed by atoms with van der Waals surface area (Å²) in [5, 5.41) is 0.803. The van der Waals surface area contributed by atoms with Crippen LogP contribution in [0.5, 0.6) is 0 Å². The van der Waals surface area contributed by atoms with Crippen molar-refractivity contribution in [1.29, 1.82) is 0 Å². The van der Waals surface area contributed by atoms with Crippen molar-refractivity contribution in [2.45, 2.75) is 32.1 Å². The van der Waals surface area contributed by atoms with Crippen LogP contribution in [0.25, 0.3) is 11.6 Å². The number of halogens is 2. The topological polar surface area (TPSA) is 16.1 Å². The Kier molecular flexibility index (Phi) is 5.22. The minimum absolute atomic E-state index is 0.333. The van der Waals surface area contributed by atoms with Gasteiger partial charge in [-0.15, -0.1) is 0 Å². The van der Waals surface area contributed by atoms with E-state index < -0.39 is 0 Å². The number of rotatable bonds is 2. The van der Waals surface area contributed by atoms with Crippen LogP contribution in [-0.4, -0.2) is 30.0 Å². The second kappa shape index (κ2) is 7.46. The first-order valence-corrected chi connectivity index (χ1v) is 10.6. The smallest absolute Gasteiger partial charge is 0.0557 e. The molecule has 2 nitrogen and oxygen atoms in total. The zero-order valence-electron chi connectivity index (χ0n) is 15.3. The molecule has 0 amide bonds. The van der Waals surface area contributed by atoms with Crippen molar-refractivity contribution in [2.75, 3.05) is 20.1 Å². The fourth-order valence-corrected chi connectivity index (χ4v) is 4.96. The Balaban J connectivity index is 1.92. The SMILES string of the molecule is CCC1=Cc2cc(Cl)ccc2C(C2CCN(C)CC2)c2ncc(Br)cc21. The molecule has 0 spiro atoms. The summed E-state index contributed by atoms with van der Waals surface area (Å²) in [4.78, 5) is 7.37. The number of nitrogens with zero attached hydrogens (tertiary/aromatic N) is 2. The molecule has 4 rings (SSSR count). The van der Waals surface area contributed by atoms with Gasteiger partial charge < -0.3 is 4.90 Å². The van der Waals surface area contributed by atoms with Crippen LogP contribution in [0.3, 0.4) is 0 Å². The molecular formula is C22H24BrClN2. The standard InChI is InChI=1S/C22H24BrClN2/c1-3-14-10-16-11-18(24)4-5-19(16)21(15-6-8-26(2)9-7-15)22-20(14)12-17(23)13-25-22/h4-5,10-13,15,21H,3,6-9H2,1-2H3. The van der Waals surface area contributed by atoms with Gasteiger partial charge in [0.15, 0.2) is 0 Å². The van der Waals surface area contributed by atoms with Crippen molar-refractivity contribution < 1.29 is 0 Å². The molecule has 4 heteroatoms. The van der Waals surface area contributed by atoms with Crippen LogP contribution >= 0.6 is 27.5 Å². The molecule has 1 aromatic carbocycles. The summed E-state index contributed by atoms with van der Waals surface area (Å²) in [7, 11) is 2.22. The van der Waals surface area contributed by atoms with E-state index >= 15 is 0 Å². The maximum atomic E-state index is 6.35. The highest BCUT2D eigenvalue weighted by atomic mass is 79.9. The summed E-state index contributed by atoms with van der Waals surface area (Å²) >= 11 is 9.98. The second-order valence-electron chi connectivity index (χ2n) is 7.50. The Morgan fingerprint density at radius 2 is 2.00 bits per heavy atom. The average Bonchev–Trinajstić information content (AvgIpc) is 2.76. The number of fused-ring (bicyclic) bond motifs is 2. The number of likely N-dealkylation sites (tertiary alicyclic amines) is 1. The lowest BCUT2D eigenvalue weighted by Crippen LogP contribution is -2.33. The fourth-order valence-electron chi connectivity index (χ4n) is 4.45. The van der Waals surface area contributed by atoms with Crippen molar-refractivity contribution in [1.82, 2.24) is 9.88 Å². The number of hydrogen-bond donors (Lipinski definition) is 0. The van der Waals surface area contributed by atoms with Crippen LogP contribution in [0, 0.1) is 5.92 Å². The lowest BCUT2D eigenvalue weighted by Gasteiger charge is -2.35. The maximum absolute atomic E-state index is 6.35. The highest BCUT2D eigenvalue weighted by molar-refractivity contribution is 9.10. The first-order valence-electron chi connectivity index (χ1n) is 9.41. The molecular weight excluding hydrogens is 408 g/mol. The van der Waals surface area contributed by atoms with Crippen LogP contribution in [-0.2, 0) is 0 Å². The van der Waals surface area contributed by atoms with Crippen molar-refractivity contribution in [3.05, 3.63) is 62.3 Å². The summed E-state index contributed by atoms with van der Waals surface area (Å²) < 4.78 is 1.04. The summed E-state index contributed by atoms with van der Waals surface area (Å²) in [6, 6.07) is 8.62. The lowest BCUT2D eigenvalue weighted by atomic mass is 9.76.